The van der Waals surface area contributed by atoms with E-state index in [0.29, 0.717) is 0 Å². The van der Waals surface area contributed by atoms with E-state index >= 15 is 0 Å². The van der Waals surface area contributed by atoms with E-state index in [2.05, 4.69) is 60.5 Å². The number of hydrogen-bond acceptors (Lipinski definition) is 2. The molecular formula is C24H24N2O2. The smallest absolute Gasteiger partial charge is 0.260 e. The van der Waals surface area contributed by atoms with E-state index in [0.717, 1.165) is 29.7 Å². The highest BCUT2D eigenvalue weighted by Crippen LogP contribution is 2.44. The standard InChI is InChI=1S/C24H24N2O2/c1-4-15-7-10-17-20(12-15)21-13-16(5-2)8-11-18(21)22(17)26-24(28)19-9-6-14(3)25-23(19)27/h6-13,22H,4-5H2,1-3H3,(H,25,27)(H,26,28). The highest BCUT2D eigenvalue weighted by Gasteiger charge is 2.30. The maximum Gasteiger partial charge on any atom is 0.260 e. The van der Waals surface area contributed by atoms with Crippen LogP contribution in [0.15, 0.2) is 53.3 Å². The Bertz CT molecular complexity index is 1070. The quantitative estimate of drug-likeness (QED) is 0.717. The lowest BCUT2D eigenvalue weighted by molar-refractivity contribution is 0.0942. The molecule has 1 aliphatic carbocycles. The second kappa shape index (κ2) is 7.12. The van der Waals surface area contributed by atoms with Gasteiger partial charge in [-0.05, 0) is 65.3 Å². The summed E-state index contributed by atoms with van der Waals surface area (Å²) >= 11 is 0. The van der Waals surface area contributed by atoms with Crippen LogP contribution in [0.25, 0.3) is 11.1 Å². The van der Waals surface area contributed by atoms with Crippen LogP contribution in [0.3, 0.4) is 0 Å². The van der Waals surface area contributed by atoms with Crippen LogP contribution < -0.4 is 10.9 Å². The van der Waals surface area contributed by atoms with Crippen molar-refractivity contribution in [1.82, 2.24) is 10.3 Å². The van der Waals surface area contributed by atoms with Crippen LogP contribution in [-0.2, 0) is 12.8 Å². The summed E-state index contributed by atoms with van der Waals surface area (Å²) in [6.45, 7) is 6.08. The van der Waals surface area contributed by atoms with Crippen molar-refractivity contribution in [3.05, 3.63) is 92.4 Å². The van der Waals surface area contributed by atoms with Crippen molar-refractivity contribution in [3.63, 3.8) is 0 Å². The van der Waals surface area contributed by atoms with Gasteiger partial charge in [-0.25, -0.2) is 0 Å². The zero-order valence-corrected chi connectivity index (χ0v) is 16.4. The zero-order valence-electron chi connectivity index (χ0n) is 16.4. The molecule has 0 spiro atoms. The fourth-order valence-electron chi connectivity index (χ4n) is 3.90. The normalized spacial score (nSPS) is 12.5. The predicted molar refractivity (Wildman–Crippen MR) is 112 cm³/mol. The van der Waals surface area contributed by atoms with Crippen LogP contribution >= 0.6 is 0 Å². The highest BCUT2D eigenvalue weighted by molar-refractivity contribution is 5.95. The topological polar surface area (TPSA) is 62.0 Å². The second-order valence-electron chi connectivity index (χ2n) is 7.34. The van der Waals surface area contributed by atoms with E-state index in [9.17, 15) is 9.59 Å². The van der Waals surface area contributed by atoms with Gasteiger partial charge in [0.05, 0.1) is 6.04 Å². The van der Waals surface area contributed by atoms with Gasteiger partial charge in [0.25, 0.3) is 11.5 Å². The predicted octanol–water partition coefficient (Wildman–Crippen LogP) is 4.31. The minimum atomic E-state index is -0.362. The van der Waals surface area contributed by atoms with Gasteiger partial charge in [-0.3, -0.25) is 9.59 Å². The molecule has 0 saturated heterocycles. The molecule has 0 fully saturated rings. The Morgan fingerprint density at radius 2 is 1.50 bits per heavy atom. The Kier molecular flexibility index (Phi) is 4.63. The molecule has 0 radical (unpaired) electrons. The van der Waals surface area contributed by atoms with E-state index in [1.165, 1.54) is 22.3 Å². The Hall–Kier alpha value is -3.14. The first-order chi connectivity index (χ1) is 13.5. The maximum atomic E-state index is 12.9. The fraction of sp³-hybridized carbons (Fsp3) is 0.250. The monoisotopic (exact) mass is 372 g/mol. The maximum absolute atomic E-state index is 12.9. The number of benzene rings is 2. The van der Waals surface area contributed by atoms with Crippen molar-refractivity contribution in [2.24, 2.45) is 0 Å². The Morgan fingerprint density at radius 1 is 0.929 bits per heavy atom. The summed E-state index contributed by atoms with van der Waals surface area (Å²) in [5, 5.41) is 3.08. The molecule has 3 aromatic rings. The third kappa shape index (κ3) is 3.05. The number of carbonyl (C=O) groups excluding carboxylic acids is 1. The van der Waals surface area contributed by atoms with Crippen molar-refractivity contribution < 1.29 is 4.79 Å². The molecule has 0 unspecified atom stereocenters. The summed E-state index contributed by atoms with van der Waals surface area (Å²) in [6.07, 6.45) is 1.93. The summed E-state index contributed by atoms with van der Waals surface area (Å²) < 4.78 is 0. The summed E-state index contributed by atoms with van der Waals surface area (Å²) in [7, 11) is 0. The number of aromatic amines is 1. The van der Waals surface area contributed by atoms with Crippen LogP contribution in [-0.4, -0.2) is 10.9 Å². The van der Waals surface area contributed by atoms with Gasteiger partial charge in [0, 0.05) is 5.69 Å². The van der Waals surface area contributed by atoms with Gasteiger partial charge in [0.1, 0.15) is 5.56 Å². The molecule has 0 aliphatic heterocycles. The van der Waals surface area contributed by atoms with Crippen molar-refractivity contribution in [2.75, 3.05) is 0 Å². The lowest BCUT2D eigenvalue weighted by Gasteiger charge is -2.16. The van der Waals surface area contributed by atoms with Gasteiger partial charge >= 0.3 is 0 Å². The van der Waals surface area contributed by atoms with Crippen molar-refractivity contribution in [1.29, 1.82) is 0 Å². The van der Waals surface area contributed by atoms with Gasteiger partial charge in [0.15, 0.2) is 0 Å². The first kappa shape index (κ1) is 18.2. The Balaban J connectivity index is 1.78. The summed E-state index contributed by atoms with van der Waals surface area (Å²) in [5.74, 6) is -0.357. The molecule has 142 valence electrons. The molecule has 1 aromatic heterocycles. The first-order valence-corrected chi connectivity index (χ1v) is 9.78. The number of H-pyrrole nitrogens is 1. The van der Waals surface area contributed by atoms with E-state index in [1.54, 1.807) is 19.1 Å². The number of aryl methyl sites for hydroxylation is 3. The minimum Gasteiger partial charge on any atom is -0.341 e. The van der Waals surface area contributed by atoms with Gasteiger partial charge in [0.2, 0.25) is 0 Å². The van der Waals surface area contributed by atoms with Crippen LogP contribution in [0.5, 0.6) is 0 Å². The average molecular weight is 372 g/mol. The number of aromatic nitrogens is 1. The van der Waals surface area contributed by atoms with Crippen LogP contribution in [0, 0.1) is 6.92 Å². The molecule has 0 bridgehead atoms. The van der Waals surface area contributed by atoms with E-state index in [1.807, 2.05) is 0 Å². The Morgan fingerprint density at radius 3 is 2.00 bits per heavy atom. The van der Waals surface area contributed by atoms with Crippen molar-refractivity contribution in [3.8, 4) is 11.1 Å². The molecule has 4 nitrogen and oxygen atoms in total. The molecule has 4 rings (SSSR count). The molecule has 0 atom stereocenters. The molecule has 0 saturated carbocycles. The number of carbonyl (C=O) groups is 1. The highest BCUT2D eigenvalue weighted by atomic mass is 16.2. The molecule has 4 heteroatoms. The van der Waals surface area contributed by atoms with Crippen LogP contribution in [0.2, 0.25) is 0 Å². The number of fused-ring (bicyclic) bond motifs is 3. The third-order valence-electron chi connectivity index (χ3n) is 5.54. The lowest BCUT2D eigenvalue weighted by atomic mass is 10.00. The van der Waals surface area contributed by atoms with Gasteiger partial charge in [-0.2, -0.15) is 0 Å². The largest absolute Gasteiger partial charge is 0.341 e. The van der Waals surface area contributed by atoms with E-state index in [4.69, 9.17) is 0 Å². The number of pyridine rings is 1. The van der Waals surface area contributed by atoms with Crippen molar-refractivity contribution >= 4 is 5.91 Å². The Labute approximate surface area is 164 Å². The minimum absolute atomic E-state index is 0.135. The third-order valence-corrected chi connectivity index (χ3v) is 5.54. The molecule has 1 aliphatic rings. The molecule has 2 N–H and O–H groups in total. The fourth-order valence-corrected chi connectivity index (χ4v) is 3.90. The molecule has 2 aromatic carbocycles. The van der Waals surface area contributed by atoms with Gasteiger partial charge in [-0.1, -0.05) is 50.2 Å². The summed E-state index contributed by atoms with van der Waals surface area (Å²) in [5.41, 5.74) is 7.56. The number of nitrogens with one attached hydrogen (secondary N) is 2. The number of amides is 1. The van der Waals surface area contributed by atoms with Crippen LogP contribution in [0.1, 0.15) is 58.2 Å². The first-order valence-electron chi connectivity index (χ1n) is 9.78. The van der Waals surface area contributed by atoms with Gasteiger partial charge in [-0.15, -0.1) is 0 Å². The number of hydrogen-bond donors (Lipinski definition) is 2. The molecule has 1 heterocycles. The average Bonchev–Trinajstić information content (AvgIpc) is 3.00. The van der Waals surface area contributed by atoms with Gasteiger partial charge < -0.3 is 10.3 Å². The van der Waals surface area contributed by atoms with Crippen LogP contribution in [0.4, 0.5) is 0 Å². The molecule has 28 heavy (non-hydrogen) atoms. The summed E-state index contributed by atoms with van der Waals surface area (Å²) in [4.78, 5) is 27.8. The van der Waals surface area contributed by atoms with E-state index < -0.39 is 0 Å². The summed E-state index contributed by atoms with van der Waals surface area (Å²) in [6, 6.07) is 15.9. The van der Waals surface area contributed by atoms with Crippen molar-refractivity contribution in [2.45, 2.75) is 39.7 Å². The molecular weight excluding hydrogens is 348 g/mol. The SMILES string of the molecule is CCc1ccc2c(c1)-c1cc(CC)ccc1C2NC(=O)c1ccc(C)[nH]c1=O. The zero-order chi connectivity index (χ0) is 19.8. The second-order valence-corrected chi connectivity index (χ2v) is 7.34. The molecule has 1 amide bonds. The number of rotatable bonds is 4. The lowest BCUT2D eigenvalue weighted by Crippen LogP contribution is -2.32. The van der Waals surface area contributed by atoms with E-state index in [-0.39, 0.29) is 23.1 Å².